The van der Waals surface area contributed by atoms with Gasteiger partial charge in [0.25, 0.3) is 0 Å². The summed E-state index contributed by atoms with van der Waals surface area (Å²) < 4.78 is 10.4. The molecule has 0 unspecified atom stereocenters. The van der Waals surface area contributed by atoms with Crippen LogP contribution in [0.25, 0.3) is 9.65 Å². The monoisotopic (exact) mass is 298 g/mol. The van der Waals surface area contributed by atoms with Crippen LogP contribution in [-0.2, 0) is 9.47 Å². The van der Waals surface area contributed by atoms with Crippen molar-refractivity contribution < 1.29 is 19.1 Å². The minimum atomic E-state index is -0.527. The number of hydrogen-bond donors (Lipinski definition) is 0. The maximum atomic E-state index is 11.6. The van der Waals surface area contributed by atoms with Crippen molar-refractivity contribution in [1.82, 2.24) is 0 Å². The van der Waals surface area contributed by atoms with E-state index in [1.807, 2.05) is 11.0 Å². The van der Waals surface area contributed by atoms with E-state index in [9.17, 15) is 9.59 Å². The van der Waals surface area contributed by atoms with Gasteiger partial charge in [0.15, 0.2) is 0 Å². The SMILES string of the molecule is COC(=O)c1cc2cc[se]c2cc1C(=O)OC. The van der Waals surface area contributed by atoms with E-state index in [0.717, 1.165) is 9.65 Å². The summed E-state index contributed by atoms with van der Waals surface area (Å²) in [6.07, 6.45) is 0. The molecule has 4 nitrogen and oxygen atoms in total. The molecule has 1 heterocycles. The number of rotatable bonds is 2. The number of methoxy groups -OCH3 is 2. The maximum absolute atomic E-state index is 11.6. The molecule has 0 bridgehead atoms. The van der Waals surface area contributed by atoms with Crippen LogP contribution in [0, 0.1) is 0 Å². The summed E-state index contributed by atoms with van der Waals surface area (Å²) in [4.78, 5) is 25.3. The second-order valence-electron chi connectivity index (χ2n) is 3.34. The van der Waals surface area contributed by atoms with Crippen molar-refractivity contribution in [3.8, 4) is 0 Å². The average Bonchev–Trinajstić information content (AvgIpc) is 2.82. The van der Waals surface area contributed by atoms with Crippen LogP contribution in [0.2, 0.25) is 0 Å². The van der Waals surface area contributed by atoms with Crippen LogP contribution in [0.5, 0.6) is 0 Å². The fraction of sp³-hybridized carbons (Fsp3) is 0.167. The molecule has 2 aromatic rings. The van der Waals surface area contributed by atoms with Gasteiger partial charge in [0.1, 0.15) is 0 Å². The number of carbonyl (C=O) groups is 2. The van der Waals surface area contributed by atoms with Crippen molar-refractivity contribution in [1.29, 1.82) is 0 Å². The second-order valence-corrected chi connectivity index (χ2v) is 5.33. The summed E-state index contributed by atoms with van der Waals surface area (Å²) in [5, 5.41) is 0.970. The quantitative estimate of drug-likeness (QED) is 0.622. The molecule has 1 aromatic carbocycles. The van der Waals surface area contributed by atoms with Crippen LogP contribution in [0.4, 0.5) is 0 Å². The molecule has 0 aliphatic rings. The Balaban J connectivity index is 2.67. The topological polar surface area (TPSA) is 52.6 Å². The van der Waals surface area contributed by atoms with Crippen LogP contribution in [0.1, 0.15) is 20.7 Å². The van der Waals surface area contributed by atoms with Gasteiger partial charge in [0, 0.05) is 0 Å². The molecule has 2 rings (SSSR count). The van der Waals surface area contributed by atoms with E-state index < -0.39 is 11.9 Å². The Kier molecular flexibility index (Phi) is 3.31. The van der Waals surface area contributed by atoms with Gasteiger partial charge >= 0.3 is 104 Å². The van der Waals surface area contributed by atoms with Gasteiger partial charge in [-0.2, -0.15) is 0 Å². The molecule has 5 heteroatoms. The van der Waals surface area contributed by atoms with Crippen molar-refractivity contribution in [2.75, 3.05) is 14.2 Å². The first-order chi connectivity index (χ1) is 8.17. The number of esters is 2. The predicted octanol–water partition coefficient (Wildman–Crippen LogP) is 1.47. The third-order valence-electron chi connectivity index (χ3n) is 2.40. The summed E-state index contributed by atoms with van der Waals surface area (Å²) in [7, 11) is 2.58. The molecule has 0 spiro atoms. The van der Waals surface area contributed by atoms with Gasteiger partial charge in [0.05, 0.1) is 0 Å². The molecular weight excluding hydrogens is 287 g/mol. The molecule has 0 fully saturated rings. The molecule has 0 aliphatic heterocycles. The summed E-state index contributed by atoms with van der Waals surface area (Å²) in [5.41, 5.74) is 0.518. The number of carbonyl (C=O) groups excluding carboxylic acids is 2. The van der Waals surface area contributed by atoms with Crippen molar-refractivity contribution in [2.45, 2.75) is 0 Å². The number of hydrogen-bond acceptors (Lipinski definition) is 4. The van der Waals surface area contributed by atoms with Gasteiger partial charge in [0.2, 0.25) is 0 Å². The van der Waals surface area contributed by atoms with Crippen molar-refractivity contribution in [3.63, 3.8) is 0 Å². The van der Waals surface area contributed by atoms with Gasteiger partial charge in [-0.05, 0) is 0 Å². The van der Waals surface area contributed by atoms with E-state index in [1.54, 1.807) is 12.1 Å². The first kappa shape index (κ1) is 11.9. The molecule has 0 amide bonds. The predicted molar refractivity (Wildman–Crippen MR) is 63.6 cm³/mol. The number of fused-ring (bicyclic) bond motifs is 1. The molecule has 0 radical (unpaired) electrons. The van der Waals surface area contributed by atoms with E-state index in [0.29, 0.717) is 0 Å². The van der Waals surface area contributed by atoms with Crippen LogP contribution in [0.15, 0.2) is 23.1 Å². The van der Waals surface area contributed by atoms with E-state index in [2.05, 4.69) is 9.47 Å². The molecule has 0 atom stereocenters. The normalized spacial score (nSPS) is 10.2. The molecule has 1 aromatic heterocycles. The Morgan fingerprint density at radius 3 is 2.24 bits per heavy atom. The Labute approximate surface area is 104 Å². The van der Waals surface area contributed by atoms with E-state index >= 15 is 0 Å². The first-order valence-corrected chi connectivity index (χ1v) is 6.70. The van der Waals surface area contributed by atoms with Gasteiger partial charge in [-0.3, -0.25) is 0 Å². The van der Waals surface area contributed by atoms with Crippen LogP contribution < -0.4 is 0 Å². The van der Waals surface area contributed by atoms with E-state index in [-0.39, 0.29) is 25.6 Å². The zero-order valence-corrected chi connectivity index (χ0v) is 11.1. The minimum absolute atomic E-state index is 0.215. The molecule has 0 aliphatic carbocycles. The van der Waals surface area contributed by atoms with Gasteiger partial charge in [-0.1, -0.05) is 0 Å². The molecule has 88 valence electrons. The zero-order chi connectivity index (χ0) is 12.4. The van der Waals surface area contributed by atoms with Crippen LogP contribution in [-0.4, -0.2) is 40.7 Å². The Hall–Kier alpha value is -1.58. The average molecular weight is 297 g/mol. The molecular formula is C12H10O4Se. The van der Waals surface area contributed by atoms with Crippen molar-refractivity contribution in [2.24, 2.45) is 0 Å². The van der Waals surface area contributed by atoms with Crippen molar-refractivity contribution in [3.05, 3.63) is 34.3 Å². The third kappa shape index (κ3) is 2.12. The summed E-state index contributed by atoms with van der Waals surface area (Å²) in [6.45, 7) is 0. The van der Waals surface area contributed by atoms with Crippen LogP contribution in [0.3, 0.4) is 0 Å². The molecule has 0 N–H and O–H groups in total. The van der Waals surface area contributed by atoms with Gasteiger partial charge < -0.3 is 0 Å². The Bertz CT molecular complexity index is 535. The second kappa shape index (κ2) is 4.73. The van der Waals surface area contributed by atoms with Crippen molar-refractivity contribution >= 4 is 36.1 Å². The first-order valence-electron chi connectivity index (χ1n) is 4.85. The molecule has 17 heavy (non-hydrogen) atoms. The summed E-state index contributed by atoms with van der Waals surface area (Å²) in [5.74, 6) is -1.04. The van der Waals surface area contributed by atoms with E-state index in [4.69, 9.17) is 0 Å². The van der Waals surface area contributed by atoms with Gasteiger partial charge in [-0.15, -0.1) is 0 Å². The van der Waals surface area contributed by atoms with Crippen LogP contribution >= 0.6 is 0 Å². The van der Waals surface area contributed by atoms with E-state index in [1.165, 1.54) is 14.2 Å². The zero-order valence-electron chi connectivity index (χ0n) is 9.35. The fourth-order valence-electron chi connectivity index (χ4n) is 1.57. The standard InChI is InChI=1S/C12H10O4Se/c1-15-11(13)8-5-7-3-4-17-10(7)6-9(8)12(14)16-2/h3-6H,1-2H3. The molecule has 0 saturated carbocycles. The third-order valence-corrected chi connectivity index (χ3v) is 4.25. The Morgan fingerprint density at radius 1 is 1.06 bits per heavy atom. The van der Waals surface area contributed by atoms with Gasteiger partial charge in [-0.25, -0.2) is 0 Å². The fourth-order valence-corrected chi connectivity index (χ4v) is 3.27. The Morgan fingerprint density at radius 2 is 1.65 bits per heavy atom. The number of benzene rings is 1. The summed E-state index contributed by atoms with van der Waals surface area (Å²) >= 11 is 0.215. The summed E-state index contributed by atoms with van der Waals surface area (Å²) in [6, 6.07) is 5.34. The number of ether oxygens (including phenoxy) is 2. The molecule has 0 saturated heterocycles.